The Bertz CT molecular complexity index is 357. The lowest BCUT2D eigenvalue weighted by atomic mass is 10.4. The molecule has 0 spiro atoms. The molecule has 1 aromatic rings. The first-order valence-corrected chi connectivity index (χ1v) is 4.24. The molecule has 2 N–H and O–H groups in total. The fourth-order valence-electron chi connectivity index (χ4n) is 0.882. The summed E-state index contributed by atoms with van der Waals surface area (Å²) in [6.07, 6.45) is -5.52. The number of hydrogen-bond donors (Lipinski definition) is 2. The lowest BCUT2D eigenvalue weighted by Gasteiger charge is -2.19. The maximum absolute atomic E-state index is 12.2. The van der Waals surface area contributed by atoms with Crippen LogP contribution in [0.25, 0.3) is 0 Å². The molecule has 0 aromatic carbocycles. The van der Waals surface area contributed by atoms with Crippen LogP contribution in [0.3, 0.4) is 0 Å². The van der Waals surface area contributed by atoms with E-state index < -0.39 is 29.1 Å². The minimum Gasteiger partial charge on any atom is -0.595 e. The van der Waals surface area contributed by atoms with Crippen LogP contribution in [0.15, 0.2) is 18.3 Å². The Morgan fingerprint density at radius 3 is 2.69 bits per heavy atom. The quantitative estimate of drug-likeness (QED) is 0.765. The number of pyridine rings is 1. The van der Waals surface area contributed by atoms with E-state index >= 15 is 0 Å². The van der Waals surface area contributed by atoms with Crippen LogP contribution < -0.4 is 9.96 Å². The molecule has 2 unspecified atom stereocenters. The Morgan fingerprint density at radius 2 is 2.19 bits per heavy atom. The molecule has 2 atom stereocenters. The maximum Gasteiger partial charge on any atom is 0.425 e. The number of ether oxygens (including phenoxy) is 1. The Labute approximate surface area is 88.6 Å². The Morgan fingerprint density at radius 1 is 1.56 bits per heavy atom. The molecule has 0 saturated heterocycles. The average Bonchev–Trinajstić information content (AvgIpc) is 2.16. The summed E-state index contributed by atoms with van der Waals surface area (Å²) in [5.41, 5.74) is -0.404. The topological polar surface area (TPSA) is 69.9 Å². The number of halogens is 3. The van der Waals surface area contributed by atoms with Gasteiger partial charge >= 0.3 is 6.18 Å². The summed E-state index contributed by atoms with van der Waals surface area (Å²) < 4.78 is 41.0. The summed E-state index contributed by atoms with van der Waals surface area (Å²) in [6, 6.07) is 2.42. The molecule has 0 amide bonds. The summed E-state index contributed by atoms with van der Waals surface area (Å²) in [7, 11) is 0. The number of quaternary nitrogens is 1. The van der Waals surface area contributed by atoms with Gasteiger partial charge in [-0.25, -0.2) is 10.2 Å². The second-order valence-corrected chi connectivity index (χ2v) is 2.96. The fraction of sp³-hybridized carbons (Fsp3) is 0.375. The van der Waals surface area contributed by atoms with Gasteiger partial charge in [-0.05, 0) is 13.0 Å². The van der Waals surface area contributed by atoms with Gasteiger partial charge in [-0.15, -0.1) is 0 Å². The van der Waals surface area contributed by atoms with Crippen molar-refractivity contribution in [3.8, 4) is 5.88 Å². The van der Waals surface area contributed by atoms with Gasteiger partial charge in [0.05, 0.1) is 0 Å². The zero-order valence-electron chi connectivity index (χ0n) is 8.15. The largest absolute Gasteiger partial charge is 0.595 e. The molecule has 0 radical (unpaired) electrons. The molecule has 0 bridgehead atoms. The average molecular weight is 238 g/mol. The molecule has 90 valence electrons. The molecule has 0 aliphatic carbocycles. The van der Waals surface area contributed by atoms with Crippen molar-refractivity contribution in [2.45, 2.75) is 19.2 Å². The number of nitrogens with one attached hydrogen (secondary N) is 1. The van der Waals surface area contributed by atoms with Crippen LogP contribution in [-0.4, -0.2) is 22.5 Å². The zero-order chi connectivity index (χ0) is 12.3. The van der Waals surface area contributed by atoms with Gasteiger partial charge in [0.15, 0.2) is 6.10 Å². The van der Waals surface area contributed by atoms with Crippen LogP contribution in [0.1, 0.15) is 6.92 Å². The molecule has 16 heavy (non-hydrogen) atoms. The van der Waals surface area contributed by atoms with Crippen LogP contribution in [0.4, 0.5) is 18.9 Å². The van der Waals surface area contributed by atoms with Crippen LogP contribution in [0.5, 0.6) is 5.88 Å². The number of hydrogen-bond acceptors (Lipinski definition) is 4. The summed E-state index contributed by atoms with van der Waals surface area (Å²) in [6.45, 7) is 0.778. The van der Waals surface area contributed by atoms with Crippen LogP contribution >= 0.6 is 0 Å². The third kappa shape index (κ3) is 3.05. The number of alkyl halides is 3. The van der Waals surface area contributed by atoms with Crippen LogP contribution in [0.2, 0.25) is 0 Å². The molecule has 1 heterocycles. The van der Waals surface area contributed by atoms with Gasteiger partial charge in [-0.2, -0.15) is 18.4 Å². The number of aromatic nitrogens is 1. The van der Waals surface area contributed by atoms with Crippen LogP contribution in [0, 0.1) is 5.21 Å². The summed E-state index contributed by atoms with van der Waals surface area (Å²) in [5.74, 6) is -0.542. The molecule has 1 rings (SSSR count). The highest BCUT2D eigenvalue weighted by molar-refractivity contribution is 5.39. The fourth-order valence-corrected chi connectivity index (χ4v) is 0.882. The summed E-state index contributed by atoms with van der Waals surface area (Å²) >= 11 is 0. The Hall–Kier alpha value is -1.38. The molecule has 0 aliphatic heterocycles. The smallest absolute Gasteiger partial charge is 0.425 e. The molecule has 8 heteroatoms. The molecular formula is C8H9F3N2O3. The van der Waals surface area contributed by atoms with E-state index in [4.69, 9.17) is 5.21 Å². The molecule has 0 aliphatic rings. The van der Waals surface area contributed by atoms with Crippen LogP contribution in [-0.2, 0) is 0 Å². The second kappa shape index (κ2) is 4.64. The first kappa shape index (κ1) is 12.7. The zero-order valence-corrected chi connectivity index (χ0v) is 8.15. The third-order valence-corrected chi connectivity index (χ3v) is 1.75. The van der Waals surface area contributed by atoms with Gasteiger partial charge in [0.1, 0.15) is 0 Å². The van der Waals surface area contributed by atoms with Gasteiger partial charge < -0.3 is 9.94 Å². The van der Waals surface area contributed by atoms with Gasteiger partial charge in [0, 0.05) is 12.3 Å². The van der Waals surface area contributed by atoms with Crippen molar-refractivity contribution in [3.05, 3.63) is 23.5 Å². The van der Waals surface area contributed by atoms with Crippen molar-refractivity contribution in [2.75, 3.05) is 0 Å². The van der Waals surface area contributed by atoms with Gasteiger partial charge in [0.2, 0.25) is 5.69 Å². The maximum atomic E-state index is 12.2. The first-order chi connectivity index (χ1) is 7.32. The molecule has 5 nitrogen and oxygen atoms in total. The predicted molar refractivity (Wildman–Crippen MR) is 46.2 cm³/mol. The van der Waals surface area contributed by atoms with Gasteiger partial charge in [0.25, 0.3) is 5.88 Å². The predicted octanol–water partition coefficient (Wildman–Crippen LogP) is 0.815. The van der Waals surface area contributed by atoms with E-state index in [1.54, 1.807) is 0 Å². The minimum absolute atomic E-state index is 0.404. The van der Waals surface area contributed by atoms with Crippen molar-refractivity contribution in [2.24, 2.45) is 0 Å². The number of nitrogens with zero attached hydrogens (tertiary/aromatic N) is 1. The summed E-state index contributed by atoms with van der Waals surface area (Å²) in [5, 5.41) is 17.9. The van der Waals surface area contributed by atoms with E-state index in [2.05, 4.69) is 9.72 Å². The normalized spacial score (nSPS) is 15.6. The highest BCUT2D eigenvalue weighted by Gasteiger charge is 2.39. The molecule has 0 saturated carbocycles. The van der Waals surface area contributed by atoms with Crippen molar-refractivity contribution >= 4 is 5.69 Å². The first-order valence-electron chi connectivity index (χ1n) is 4.24. The molecule has 0 fully saturated rings. The van der Waals surface area contributed by atoms with Crippen molar-refractivity contribution in [1.82, 2.24) is 4.98 Å². The Kier molecular flexibility index (Phi) is 3.68. The lowest BCUT2D eigenvalue weighted by Crippen LogP contribution is -2.99. The van der Waals surface area contributed by atoms with Gasteiger partial charge in [-0.1, -0.05) is 0 Å². The highest BCUT2D eigenvalue weighted by atomic mass is 19.4. The van der Waals surface area contributed by atoms with Gasteiger partial charge in [-0.3, -0.25) is 0 Å². The molecular weight excluding hydrogens is 229 g/mol. The van der Waals surface area contributed by atoms with E-state index in [1.807, 2.05) is 0 Å². The molecule has 1 aromatic heterocycles. The van der Waals surface area contributed by atoms with E-state index in [0.29, 0.717) is 0 Å². The van der Waals surface area contributed by atoms with Crippen molar-refractivity contribution in [1.29, 1.82) is 0 Å². The standard InChI is InChI=1S/C8H9F3N2O3/c1-5(8(9,10)11)16-7-6(13(14)15)3-2-4-12-7/h2-5,13-14H,1H3. The van der Waals surface area contributed by atoms with Crippen molar-refractivity contribution < 1.29 is 28.3 Å². The second-order valence-electron chi connectivity index (χ2n) is 2.96. The Balaban J connectivity index is 2.89. The summed E-state index contributed by atoms with van der Waals surface area (Å²) in [4.78, 5) is 3.45. The van der Waals surface area contributed by atoms with E-state index in [9.17, 15) is 18.4 Å². The minimum atomic E-state index is -4.56. The lowest BCUT2D eigenvalue weighted by molar-refractivity contribution is -0.991. The third-order valence-electron chi connectivity index (χ3n) is 1.75. The SMILES string of the molecule is CC(Oc1ncccc1[NH+]([O-])O)C(F)(F)F. The monoisotopic (exact) mass is 238 g/mol. The van der Waals surface area contributed by atoms with E-state index in [1.165, 1.54) is 6.07 Å². The highest BCUT2D eigenvalue weighted by Crippen LogP contribution is 2.26. The van der Waals surface area contributed by atoms with E-state index in [-0.39, 0.29) is 0 Å². The van der Waals surface area contributed by atoms with Crippen molar-refractivity contribution in [3.63, 3.8) is 0 Å². The van der Waals surface area contributed by atoms with E-state index in [0.717, 1.165) is 19.2 Å². The number of rotatable bonds is 3.